The lowest BCUT2D eigenvalue weighted by Crippen LogP contribution is -1.96. The van der Waals surface area contributed by atoms with Crippen molar-refractivity contribution in [3.8, 4) is 23.0 Å². The molecule has 0 amide bonds. The summed E-state index contributed by atoms with van der Waals surface area (Å²) in [5.41, 5.74) is 0.815. The summed E-state index contributed by atoms with van der Waals surface area (Å²) < 4.78 is 84.8. The molecule has 4 rings (SSSR count). The van der Waals surface area contributed by atoms with Gasteiger partial charge in [-0.2, -0.15) is 0 Å². The smallest absolute Gasteiger partial charge is 0.195 e. The van der Waals surface area contributed by atoms with Gasteiger partial charge < -0.3 is 0 Å². The molecule has 0 saturated heterocycles. The van der Waals surface area contributed by atoms with Gasteiger partial charge in [-0.05, 0) is 65.8 Å². The van der Waals surface area contributed by atoms with Crippen LogP contribution >= 0.6 is 0 Å². The zero-order valence-corrected chi connectivity index (χ0v) is 19.5. The van der Waals surface area contributed by atoms with Crippen LogP contribution in [-0.2, 0) is 6.42 Å². The second-order valence-electron chi connectivity index (χ2n) is 8.61. The molecule has 0 saturated carbocycles. The van der Waals surface area contributed by atoms with Gasteiger partial charge in [-0.1, -0.05) is 56.2 Å². The lowest BCUT2D eigenvalue weighted by molar-refractivity contribution is 0.453. The van der Waals surface area contributed by atoms with Crippen molar-refractivity contribution in [1.82, 2.24) is 0 Å². The van der Waals surface area contributed by atoms with Crippen LogP contribution in [0.4, 0.5) is 26.3 Å². The maximum absolute atomic E-state index is 14.8. The molecule has 4 aromatic rings. The Labute approximate surface area is 205 Å². The molecule has 4 aromatic carbocycles. The van der Waals surface area contributed by atoms with E-state index in [0.717, 1.165) is 37.8 Å². The molecule has 184 valence electrons. The Kier molecular flexibility index (Phi) is 7.69. The zero-order chi connectivity index (χ0) is 25.8. The van der Waals surface area contributed by atoms with Crippen LogP contribution in [0.15, 0.2) is 54.6 Å². The predicted octanol–water partition coefficient (Wildman–Crippen LogP) is 8.86. The number of hydrogen-bond acceptors (Lipinski definition) is 0. The molecule has 0 unspecified atom stereocenters. The fourth-order valence-corrected chi connectivity index (χ4v) is 4.08. The van der Waals surface area contributed by atoms with Crippen molar-refractivity contribution in [2.75, 3.05) is 0 Å². The summed E-state index contributed by atoms with van der Waals surface area (Å²) in [4.78, 5) is 0. The third-order valence-corrected chi connectivity index (χ3v) is 6.01. The lowest BCUT2D eigenvalue weighted by Gasteiger charge is -2.08. The van der Waals surface area contributed by atoms with E-state index in [-0.39, 0.29) is 27.5 Å². The van der Waals surface area contributed by atoms with Crippen LogP contribution in [0.25, 0.3) is 21.9 Å². The third kappa shape index (κ3) is 5.41. The normalized spacial score (nSPS) is 11.0. The Morgan fingerprint density at radius 3 is 2.08 bits per heavy atom. The van der Waals surface area contributed by atoms with E-state index >= 15 is 0 Å². The van der Waals surface area contributed by atoms with E-state index in [1.165, 1.54) is 42.5 Å². The Morgan fingerprint density at radius 2 is 1.39 bits per heavy atom. The predicted molar refractivity (Wildman–Crippen MR) is 129 cm³/mol. The van der Waals surface area contributed by atoms with Crippen molar-refractivity contribution in [2.45, 2.75) is 39.0 Å². The highest BCUT2D eigenvalue weighted by atomic mass is 19.2. The summed E-state index contributed by atoms with van der Waals surface area (Å²) in [7, 11) is 0. The number of unbranched alkanes of at least 4 members (excludes halogenated alkanes) is 3. The van der Waals surface area contributed by atoms with Crippen LogP contribution in [0.1, 0.15) is 49.3 Å². The number of rotatable bonds is 6. The third-order valence-electron chi connectivity index (χ3n) is 6.01. The fraction of sp³-hybridized carbons (Fsp3) is 0.200. The molecule has 0 atom stereocenters. The first-order chi connectivity index (χ1) is 17.3. The van der Waals surface area contributed by atoms with Crippen molar-refractivity contribution in [3.05, 3.63) is 106 Å². The molecule has 0 fully saturated rings. The largest absolute Gasteiger partial charge is 0.206 e. The van der Waals surface area contributed by atoms with Gasteiger partial charge in [0.25, 0.3) is 0 Å². The van der Waals surface area contributed by atoms with Gasteiger partial charge in [-0.3, -0.25) is 0 Å². The standard InChI is InChI=1S/C30H22F6/c1-2-3-4-5-6-19-14-26(32)24(27(33)15-19)11-8-18-7-10-22(25(31)13-18)20-9-12-23-21(16-20)17-28(34)30(36)29(23)35/h7,9-10,12-17H,2-6H2,1H3. The summed E-state index contributed by atoms with van der Waals surface area (Å²) in [5.74, 6) is -1.42. The molecule has 0 radical (unpaired) electrons. The number of benzene rings is 4. The van der Waals surface area contributed by atoms with Crippen LogP contribution in [0.2, 0.25) is 0 Å². The highest BCUT2D eigenvalue weighted by Gasteiger charge is 2.15. The first-order valence-corrected chi connectivity index (χ1v) is 11.7. The Bertz CT molecular complexity index is 1470. The average Bonchev–Trinajstić information content (AvgIpc) is 2.84. The number of halogens is 6. The van der Waals surface area contributed by atoms with Crippen molar-refractivity contribution in [2.24, 2.45) is 0 Å². The number of hydrogen-bond donors (Lipinski definition) is 0. The average molecular weight is 496 g/mol. The van der Waals surface area contributed by atoms with Gasteiger partial charge in [-0.25, -0.2) is 26.3 Å². The van der Waals surface area contributed by atoms with E-state index in [9.17, 15) is 26.3 Å². The van der Waals surface area contributed by atoms with Crippen molar-refractivity contribution in [3.63, 3.8) is 0 Å². The molecule has 6 heteroatoms. The van der Waals surface area contributed by atoms with Gasteiger partial charge in [0.1, 0.15) is 17.5 Å². The first-order valence-electron chi connectivity index (χ1n) is 11.7. The van der Waals surface area contributed by atoms with Crippen LogP contribution in [-0.4, -0.2) is 0 Å². The quantitative estimate of drug-likeness (QED) is 0.108. The Morgan fingerprint density at radius 1 is 0.639 bits per heavy atom. The molecule has 0 aliphatic rings. The molecule has 36 heavy (non-hydrogen) atoms. The molecule has 0 N–H and O–H groups in total. The lowest BCUT2D eigenvalue weighted by atomic mass is 9.99. The summed E-state index contributed by atoms with van der Waals surface area (Å²) in [6, 6.07) is 11.4. The highest BCUT2D eigenvalue weighted by molar-refractivity contribution is 5.88. The molecular formula is C30H22F6. The SMILES string of the molecule is CCCCCCc1cc(F)c(C#Cc2ccc(-c3ccc4c(F)c(F)c(F)cc4c3)c(F)c2)c(F)c1. The van der Waals surface area contributed by atoms with E-state index in [4.69, 9.17) is 0 Å². The van der Waals surface area contributed by atoms with Gasteiger partial charge in [0, 0.05) is 16.5 Å². The Balaban J connectivity index is 1.58. The summed E-state index contributed by atoms with van der Waals surface area (Å²) in [6.07, 6.45) is 4.57. The minimum Gasteiger partial charge on any atom is -0.206 e. The maximum atomic E-state index is 14.8. The van der Waals surface area contributed by atoms with E-state index in [2.05, 4.69) is 18.8 Å². The molecule has 0 aliphatic carbocycles. The summed E-state index contributed by atoms with van der Waals surface area (Å²) in [6.45, 7) is 2.09. The van der Waals surface area contributed by atoms with Gasteiger partial charge >= 0.3 is 0 Å². The second kappa shape index (κ2) is 10.9. The molecule has 0 aliphatic heterocycles. The van der Waals surface area contributed by atoms with Gasteiger partial charge in [-0.15, -0.1) is 0 Å². The van der Waals surface area contributed by atoms with Gasteiger partial charge in [0.15, 0.2) is 17.5 Å². The molecule has 0 spiro atoms. The van der Waals surface area contributed by atoms with Crippen LogP contribution in [0, 0.1) is 46.7 Å². The van der Waals surface area contributed by atoms with Crippen LogP contribution in [0.5, 0.6) is 0 Å². The van der Waals surface area contributed by atoms with Crippen LogP contribution in [0.3, 0.4) is 0 Å². The minimum atomic E-state index is -1.57. The Hall–Kier alpha value is -3.72. The van der Waals surface area contributed by atoms with Crippen molar-refractivity contribution < 1.29 is 26.3 Å². The first kappa shape index (κ1) is 25.4. The summed E-state index contributed by atoms with van der Waals surface area (Å²) in [5, 5.41) is -0.0523. The van der Waals surface area contributed by atoms with E-state index < -0.39 is 34.9 Å². The van der Waals surface area contributed by atoms with E-state index in [0.29, 0.717) is 17.5 Å². The van der Waals surface area contributed by atoms with Gasteiger partial charge in [0.2, 0.25) is 0 Å². The topological polar surface area (TPSA) is 0 Å². The van der Waals surface area contributed by atoms with E-state index in [1.807, 2.05) is 0 Å². The highest BCUT2D eigenvalue weighted by Crippen LogP contribution is 2.30. The van der Waals surface area contributed by atoms with Crippen molar-refractivity contribution in [1.29, 1.82) is 0 Å². The molecule has 0 nitrogen and oxygen atoms in total. The number of fused-ring (bicyclic) bond motifs is 1. The van der Waals surface area contributed by atoms with Crippen LogP contribution < -0.4 is 0 Å². The number of aryl methyl sites for hydroxylation is 1. The molecule has 0 heterocycles. The van der Waals surface area contributed by atoms with E-state index in [1.54, 1.807) is 0 Å². The summed E-state index contributed by atoms with van der Waals surface area (Å²) >= 11 is 0. The minimum absolute atomic E-state index is 0.0759. The van der Waals surface area contributed by atoms with Gasteiger partial charge in [0.05, 0.1) is 5.56 Å². The van der Waals surface area contributed by atoms with Crippen molar-refractivity contribution >= 4 is 10.8 Å². The fourth-order valence-electron chi connectivity index (χ4n) is 4.08. The monoisotopic (exact) mass is 496 g/mol. The second-order valence-corrected chi connectivity index (χ2v) is 8.61. The zero-order valence-electron chi connectivity index (χ0n) is 19.5. The molecule has 0 bridgehead atoms. The molecule has 0 aromatic heterocycles. The molecular weight excluding hydrogens is 474 g/mol. The maximum Gasteiger partial charge on any atom is 0.195 e.